The molecule has 0 aliphatic heterocycles. The number of ketones is 1. The van der Waals surface area contributed by atoms with E-state index in [4.69, 9.17) is 16.7 Å². The summed E-state index contributed by atoms with van der Waals surface area (Å²) in [6, 6.07) is 2.28. The fourth-order valence-electron chi connectivity index (χ4n) is 0.927. The molecule has 0 saturated carbocycles. The normalized spacial score (nSPS) is 9.83. The highest BCUT2D eigenvalue weighted by Crippen LogP contribution is 2.30. The predicted molar refractivity (Wildman–Crippen MR) is 44.8 cm³/mol. The van der Waals surface area contributed by atoms with Crippen LogP contribution >= 0.6 is 11.6 Å². The summed E-state index contributed by atoms with van der Waals surface area (Å²) >= 11 is 5.59. The van der Waals surface area contributed by atoms with Gasteiger partial charge in [-0.1, -0.05) is 11.6 Å². The Morgan fingerprint density at radius 3 is 2.42 bits per heavy atom. The Labute approximate surface area is 74.2 Å². The van der Waals surface area contributed by atoms with Crippen molar-refractivity contribution in [3.05, 3.63) is 22.7 Å². The summed E-state index contributed by atoms with van der Waals surface area (Å²) in [5.74, 6) is -0.799. The molecule has 2 N–H and O–H groups in total. The lowest BCUT2D eigenvalue weighted by molar-refractivity contribution is 0.101. The molecule has 1 rings (SSSR count). The number of hydrogen-bond acceptors (Lipinski definition) is 3. The van der Waals surface area contributed by atoms with Crippen LogP contribution in [0.2, 0.25) is 5.02 Å². The molecule has 0 aliphatic rings. The maximum atomic E-state index is 10.9. The van der Waals surface area contributed by atoms with Crippen LogP contribution in [0.3, 0.4) is 0 Å². The van der Waals surface area contributed by atoms with Crippen LogP contribution in [0.15, 0.2) is 12.1 Å². The van der Waals surface area contributed by atoms with Crippen LogP contribution in [0.25, 0.3) is 0 Å². The zero-order valence-electron chi connectivity index (χ0n) is 6.34. The molecule has 1 aromatic rings. The Balaban J connectivity index is 3.38. The molecule has 4 heteroatoms. The summed E-state index contributed by atoms with van der Waals surface area (Å²) in [7, 11) is 0. The third kappa shape index (κ3) is 1.51. The Hall–Kier alpha value is -1.22. The summed E-state index contributed by atoms with van der Waals surface area (Å²) in [6.45, 7) is 1.29. The second-order valence-electron chi connectivity index (χ2n) is 2.38. The number of phenolic OH excluding ortho intramolecular Hbond substituents is 2. The van der Waals surface area contributed by atoms with Gasteiger partial charge in [0.05, 0.1) is 10.6 Å². The first-order chi connectivity index (χ1) is 5.52. The zero-order chi connectivity index (χ0) is 9.30. The number of rotatable bonds is 1. The Bertz CT molecular complexity index is 310. The van der Waals surface area contributed by atoms with Crippen molar-refractivity contribution in [2.75, 3.05) is 0 Å². The first kappa shape index (κ1) is 8.87. The van der Waals surface area contributed by atoms with Gasteiger partial charge in [0.25, 0.3) is 0 Å². The number of benzene rings is 1. The molecule has 1 aromatic carbocycles. The van der Waals surface area contributed by atoms with Crippen LogP contribution in [-0.4, -0.2) is 16.0 Å². The van der Waals surface area contributed by atoms with Gasteiger partial charge in [-0.25, -0.2) is 0 Å². The van der Waals surface area contributed by atoms with Gasteiger partial charge >= 0.3 is 0 Å². The second-order valence-corrected chi connectivity index (χ2v) is 2.79. The van der Waals surface area contributed by atoms with E-state index in [1.165, 1.54) is 13.0 Å². The highest BCUT2D eigenvalue weighted by Gasteiger charge is 2.12. The van der Waals surface area contributed by atoms with E-state index in [0.29, 0.717) is 0 Å². The van der Waals surface area contributed by atoms with Gasteiger partial charge in [-0.3, -0.25) is 4.79 Å². The molecule has 0 aromatic heterocycles. The van der Waals surface area contributed by atoms with Gasteiger partial charge in [0.1, 0.15) is 11.5 Å². The van der Waals surface area contributed by atoms with E-state index < -0.39 is 0 Å². The molecule has 0 saturated heterocycles. The van der Waals surface area contributed by atoms with Gasteiger partial charge in [-0.2, -0.15) is 0 Å². The van der Waals surface area contributed by atoms with Gasteiger partial charge in [-0.15, -0.1) is 0 Å². The van der Waals surface area contributed by atoms with Crippen molar-refractivity contribution in [1.82, 2.24) is 0 Å². The van der Waals surface area contributed by atoms with Gasteiger partial charge in [0.15, 0.2) is 5.78 Å². The summed E-state index contributed by atoms with van der Waals surface area (Å²) in [5.41, 5.74) is 0.0365. The maximum absolute atomic E-state index is 10.9. The van der Waals surface area contributed by atoms with Gasteiger partial charge in [0, 0.05) is 6.07 Å². The zero-order valence-corrected chi connectivity index (χ0v) is 7.09. The second kappa shape index (κ2) is 3.03. The fraction of sp³-hybridized carbons (Fsp3) is 0.125. The topological polar surface area (TPSA) is 57.5 Å². The predicted octanol–water partition coefficient (Wildman–Crippen LogP) is 1.95. The van der Waals surface area contributed by atoms with Crippen LogP contribution in [0.5, 0.6) is 11.5 Å². The van der Waals surface area contributed by atoms with Crippen LogP contribution < -0.4 is 0 Å². The van der Waals surface area contributed by atoms with Crippen molar-refractivity contribution in [1.29, 1.82) is 0 Å². The summed E-state index contributed by atoms with van der Waals surface area (Å²) in [5, 5.41) is 18.2. The average Bonchev–Trinajstić information content (AvgIpc) is 1.82. The largest absolute Gasteiger partial charge is 0.508 e. The Morgan fingerprint density at radius 1 is 1.42 bits per heavy atom. The molecule has 0 heterocycles. The molecule has 12 heavy (non-hydrogen) atoms. The van der Waals surface area contributed by atoms with E-state index in [1.807, 2.05) is 0 Å². The van der Waals surface area contributed by atoms with Crippen LogP contribution in [0.1, 0.15) is 17.3 Å². The van der Waals surface area contributed by atoms with Crippen molar-refractivity contribution in [3.63, 3.8) is 0 Å². The molecule has 0 bridgehead atoms. The van der Waals surface area contributed by atoms with Crippen molar-refractivity contribution in [2.24, 2.45) is 0 Å². The molecule has 0 amide bonds. The van der Waals surface area contributed by atoms with Crippen LogP contribution in [-0.2, 0) is 0 Å². The molecule has 0 unspecified atom stereocenters. The van der Waals surface area contributed by atoms with E-state index in [1.54, 1.807) is 0 Å². The quantitative estimate of drug-likeness (QED) is 0.660. The molecule has 64 valence electrons. The molecule has 3 nitrogen and oxygen atoms in total. The molecular weight excluding hydrogens is 180 g/mol. The molecular formula is C8H7ClO3. The van der Waals surface area contributed by atoms with E-state index >= 15 is 0 Å². The molecule has 0 radical (unpaired) electrons. The highest BCUT2D eigenvalue weighted by atomic mass is 35.5. The van der Waals surface area contributed by atoms with E-state index in [9.17, 15) is 9.90 Å². The third-order valence-electron chi connectivity index (χ3n) is 1.41. The number of phenols is 2. The Kier molecular flexibility index (Phi) is 2.24. The number of halogens is 1. The van der Waals surface area contributed by atoms with E-state index in [0.717, 1.165) is 6.07 Å². The van der Waals surface area contributed by atoms with Crippen molar-refractivity contribution in [2.45, 2.75) is 6.92 Å². The number of carbonyl (C=O) groups excluding carboxylic acids is 1. The van der Waals surface area contributed by atoms with E-state index in [-0.39, 0.29) is 27.9 Å². The van der Waals surface area contributed by atoms with E-state index in [2.05, 4.69) is 0 Å². The first-order valence-electron chi connectivity index (χ1n) is 3.25. The lowest BCUT2D eigenvalue weighted by Crippen LogP contribution is -1.93. The lowest BCUT2D eigenvalue weighted by atomic mass is 10.1. The minimum atomic E-state index is -0.336. The van der Waals surface area contributed by atoms with Crippen LogP contribution in [0, 0.1) is 0 Å². The molecule has 0 aliphatic carbocycles. The number of carbonyl (C=O) groups is 1. The van der Waals surface area contributed by atoms with Gasteiger partial charge in [0.2, 0.25) is 0 Å². The minimum Gasteiger partial charge on any atom is -0.508 e. The maximum Gasteiger partial charge on any atom is 0.165 e. The fourth-order valence-corrected chi connectivity index (χ4v) is 1.27. The summed E-state index contributed by atoms with van der Waals surface area (Å²) in [6.07, 6.45) is 0. The van der Waals surface area contributed by atoms with Crippen molar-refractivity contribution < 1.29 is 15.0 Å². The van der Waals surface area contributed by atoms with Crippen LogP contribution in [0.4, 0.5) is 0 Å². The summed E-state index contributed by atoms with van der Waals surface area (Å²) in [4.78, 5) is 10.9. The molecule has 0 fully saturated rings. The number of aromatic hydroxyl groups is 2. The minimum absolute atomic E-state index is 0.0365. The van der Waals surface area contributed by atoms with Gasteiger partial charge in [-0.05, 0) is 13.0 Å². The average molecular weight is 187 g/mol. The Morgan fingerprint density at radius 2 is 2.00 bits per heavy atom. The molecule has 0 spiro atoms. The first-order valence-corrected chi connectivity index (χ1v) is 3.62. The van der Waals surface area contributed by atoms with Crippen molar-refractivity contribution >= 4 is 17.4 Å². The smallest absolute Gasteiger partial charge is 0.165 e. The third-order valence-corrected chi connectivity index (χ3v) is 1.70. The number of Topliss-reactive ketones (excluding diaryl/α,β-unsaturated/α-hetero) is 1. The monoisotopic (exact) mass is 186 g/mol. The lowest BCUT2D eigenvalue weighted by Gasteiger charge is -2.03. The highest BCUT2D eigenvalue weighted by molar-refractivity contribution is 6.34. The molecule has 0 atom stereocenters. The number of hydrogen-bond donors (Lipinski definition) is 2. The standard InChI is InChI=1S/C8H7ClO3/c1-4(10)8-6(9)2-5(11)3-7(8)12/h2-3,11-12H,1H3. The SMILES string of the molecule is CC(=O)c1c(O)cc(O)cc1Cl. The summed E-state index contributed by atoms with van der Waals surface area (Å²) < 4.78 is 0. The van der Waals surface area contributed by atoms with Crippen molar-refractivity contribution in [3.8, 4) is 11.5 Å². The van der Waals surface area contributed by atoms with Gasteiger partial charge < -0.3 is 10.2 Å².